The van der Waals surface area contributed by atoms with Crippen molar-refractivity contribution in [2.45, 2.75) is 71.1 Å². The van der Waals surface area contributed by atoms with E-state index in [0.29, 0.717) is 11.1 Å². The number of hydrogen-bond acceptors (Lipinski definition) is 5. The number of benzene rings is 4. The summed E-state index contributed by atoms with van der Waals surface area (Å²) in [4.78, 5) is 18.9. The Kier molecular flexibility index (Phi) is 10.9. The zero-order chi connectivity index (χ0) is 43.8. The Morgan fingerprint density at radius 1 is 0.557 bits per heavy atom. The molecule has 302 valence electrons. The first-order chi connectivity index (χ1) is 30.3. The zero-order valence-corrected chi connectivity index (χ0v) is 37.1. The number of pyridine rings is 4. The minimum atomic E-state index is -2.32. The molecule has 5 nitrogen and oxygen atoms in total. The second-order valence-electron chi connectivity index (χ2n) is 17.0. The van der Waals surface area contributed by atoms with Gasteiger partial charge in [-0.05, 0) is 106 Å². The molecule has 0 aliphatic rings. The third kappa shape index (κ3) is 9.17. The molecule has 0 atom stereocenters. The van der Waals surface area contributed by atoms with Crippen molar-refractivity contribution in [3.8, 4) is 33.8 Å². The van der Waals surface area contributed by atoms with E-state index < -0.39 is 6.85 Å². The molecule has 4 aromatic carbocycles. The molecule has 0 saturated heterocycles. The molecule has 0 bridgehead atoms. The van der Waals surface area contributed by atoms with Crippen LogP contribution in [-0.2, 0) is 56.6 Å². The zero-order valence-electron chi connectivity index (χ0n) is 37.7. The summed E-state index contributed by atoms with van der Waals surface area (Å²) in [7, 11) is 0. The van der Waals surface area contributed by atoms with Crippen LogP contribution in [0, 0.1) is 25.1 Å². The van der Waals surface area contributed by atoms with E-state index >= 15 is 0 Å². The number of aryl methyl sites for hydroxylation is 3. The first kappa shape index (κ1) is 37.9. The summed E-state index contributed by atoms with van der Waals surface area (Å²) in [5, 5.41) is 1.60. The molecule has 0 amide bonds. The third-order valence-electron chi connectivity index (χ3n) is 11.5. The van der Waals surface area contributed by atoms with E-state index in [4.69, 9.17) is 23.5 Å². The van der Waals surface area contributed by atoms with Gasteiger partial charge in [0.15, 0.2) is 0 Å². The van der Waals surface area contributed by atoms with E-state index in [1.165, 1.54) is 33.9 Å². The molecule has 0 fully saturated rings. The van der Waals surface area contributed by atoms with Crippen LogP contribution >= 0.6 is 0 Å². The minimum absolute atomic E-state index is 0. The second-order valence-corrected chi connectivity index (χ2v) is 17.0. The third-order valence-corrected chi connectivity index (χ3v) is 11.5. The number of hydrogen-bond donors (Lipinski definition) is 0. The molecule has 5 aromatic heterocycles. The maximum atomic E-state index is 7.79. The fourth-order valence-electron chi connectivity index (χ4n) is 8.25. The molecule has 9 rings (SSSR count). The standard InChI is InChI=1S/C55H47N4O.Ir/c1-37-19-25-47-46-17-12-18-48(52(46)60-53(47)59-37)51-26-22-38(34-56-51)20-21-39-29-40(32-54(2,3)44-23-27-49(57-35-44)42-13-8-6-9-14-42)31-41(30-39)33-55(4,5)45-24-28-50(58-36-45)43-15-10-7-11-16-43;/h6-13,15,17,19,22-31,34-36H,20-21,32-33H2,1-5H3;/q-3;+3/i1D3;. The number of nitrogens with zero attached hydrogens (tertiary/aromatic N) is 4. The van der Waals surface area contributed by atoms with Gasteiger partial charge in [0.1, 0.15) is 0 Å². The van der Waals surface area contributed by atoms with Crippen molar-refractivity contribution < 1.29 is 28.6 Å². The van der Waals surface area contributed by atoms with Gasteiger partial charge < -0.3 is 19.4 Å². The van der Waals surface area contributed by atoms with Gasteiger partial charge in [-0.25, -0.2) is 4.98 Å². The summed E-state index contributed by atoms with van der Waals surface area (Å²) in [6.45, 7) is 6.87. The molecule has 0 saturated carbocycles. The van der Waals surface area contributed by atoms with E-state index in [2.05, 4.69) is 99.4 Å². The van der Waals surface area contributed by atoms with Crippen LogP contribution in [0.5, 0.6) is 0 Å². The molecular formula is C55H47IrN4O. The van der Waals surface area contributed by atoms with Crippen LogP contribution in [0.3, 0.4) is 0 Å². The molecule has 0 unspecified atom stereocenters. The quantitative estimate of drug-likeness (QED) is 0.114. The van der Waals surface area contributed by atoms with E-state index in [-0.39, 0.29) is 42.3 Å². The molecule has 0 aliphatic carbocycles. The van der Waals surface area contributed by atoms with Crippen LogP contribution in [0.1, 0.15) is 70.9 Å². The van der Waals surface area contributed by atoms with Gasteiger partial charge >= 0.3 is 20.1 Å². The van der Waals surface area contributed by atoms with Gasteiger partial charge in [0.05, 0.1) is 5.58 Å². The van der Waals surface area contributed by atoms with Crippen LogP contribution in [0.4, 0.5) is 0 Å². The smallest absolute Gasteiger partial charge is 0.486 e. The van der Waals surface area contributed by atoms with Gasteiger partial charge in [0, 0.05) is 33.8 Å². The maximum Gasteiger partial charge on any atom is 3.00 e. The Bertz CT molecular complexity index is 2900. The van der Waals surface area contributed by atoms with Crippen molar-refractivity contribution in [3.05, 3.63) is 203 Å². The van der Waals surface area contributed by atoms with Crippen molar-refractivity contribution in [2.24, 2.45) is 0 Å². The topological polar surface area (TPSA) is 64.7 Å². The number of rotatable bonds is 12. The summed E-state index contributed by atoms with van der Waals surface area (Å²) in [5.74, 6) is 0. The summed E-state index contributed by atoms with van der Waals surface area (Å²) < 4.78 is 29.5. The molecule has 9 aromatic rings. The number of furan rings is 1. The summed E-state index contributed by atoms with van der Waals surface area (Å²) in [6.07, 6.45) is 9.33. The first-order valence-corrected chi connectivity index (χ1v) is 20.5. The molecular weight excluding hydrogens is 925 g/mol. The van der Waals surface area contributed by atoms with Crippen LogP contribution in [0.15, 0.2) is 150 Å². The molecule has 6 heteroatoms. The van der Waals surface area contributed by atoms with Gasteiger partial charge in [0.2, 0.25) is 5.71 Å². The second kappa shape index (κ2) is 17.5. The van der Waals surface area contributed by atoms with E-state index in [1.807, 2.05) is 85.3 Å². The summed E-state index contributed by atoms with van der Waals surface area (Å²) in [6, 6.07) is 52.7. The van der Waals surface area contributed by atoms with E-state index in [9.17, 15) is 0 Å². The SMILES string of the molecule is [2H]C([2H])([2H])c1ccc2c(n1)oc1c(-c3ccc(CCc4cc(CC(C)(C)c5ccc(-c6[c-]cccc6)nc5)cc(CC(C)(C)c5ccc(-c6[c-]cccc6)nc5)c4)cn3)[c-]ccc12.[Ir+3]. The first-order valence-electron chi connectivity index (χ1n) is 22.0. The molecule has 0 spiro atoms. The van der Waals surface area contributed by atoms with Crippen molar-refractivity contribution in [1.82, 2.24) is 19.9 Å². The van der Waals surface area contributed by atoms with Gasteiger partial charge in [-0.2, -0.15) is 0 Å². The Morgan fingerprint density at radius 3 is 1.69 bits per heavy atom. The van der Waals surface area contributed by atoms with Crippen LogP contribution < -0.4 is 0 Å². The van der Waals surface area contributed by atoms with Crippen molar-refractivity contribution in [2.75, 3.05) is 0 Å². The van der Waals surface area contributed by atoms with Crippen molar-refractivity contribution in [1.29, 1.82) is 0 Å². The number of fused-ring (bicyclic) bond motifs is 3. The minimum Gasteiger partial charge on any atom is -0.486 e. The Morgan fingerprint density at radius 2 is 1.15 bits per heavy atom. The van der Waals surface area contributed by atoms with Gasteiger partial charge in [-0.15, -0.1) is 90.0 Å². The van der Waals surface area contributed by atoms with Crippen molar-refractivity contribution >= 4 is 22.1 Å². The van der Waals surface area contributed by atoms with Crippen LogP contribution in [0.2, 0.25) is 0 Å². The molecule has 0 N–H and O–H groups in total. The predicted molar refractivity (Wildman–Crippen MR) is 243 cm³/mol. The molecule has 61 heavy (non-hydrogen) atoms. The van der Waals surface area contributed by atoms with E-state index in [0.717, 1.165) is 70.2 Å². The monoisotopic (exact) mass is 975 g/mol. The van der Waals surface area contributed by atoms with Crippen LogP contribution in [-0.4, -0.2) is 19.9 Å². The largest absolute Gasteiger partial charge is 3.00 e. The van der Waals surface area contributed by atoms with Gasteiger partial charge in [0.25, 0.3) is 0 Å². The predicted octanol–water partition coefficient (Wildman–Crippen LogP) is 12.7. The summed E-state index contributed by atoms with van der Waals surface area (Å²) in [5.41, 5.74) is 13.2. The number of aromatic nitrogens is 4. The molecule has 0 radical (unpaired) electrons. The average Bonchev–Trinajstić information content (AvgIpc) is 3.67. The van der Waals surface area contributed by atoms with Crippen molar-refractivity contribution in [3.63, 3.8) is 0 Å². The Hall–Kier alpha value is -6.07. The molecule has 5 heterocycles. The average molecular weight is 975 g/mol. The molecule has 0 aliphatic heterocycles. The summed E-state index contributed by atoms with van der Waals surface area (Å²) >= 11 is 0. The van der Waals surface area contributed by atoms with Gasteiger partial charge in [-0.3, -0.25) is 0 Å². The van der Waals surface area contributed by atoms with E-state index in [1.54, 1.807) is 6.07 Å². The maximum absolute atomic E-state index is 7.79. The normalized spacial score (nSPS) is 12.8. The van der Waals surface area contributed by atoms with Crippen LogP contribution in [0.25, 0.3) is 55.8 Å². The fourth-order valence-corrected chi connectivity index (χ4v) is 8.25. The fraction of sp³-hybridized carbons (Fsp3) is 0.200. The Labute approximate surface area is 377 Å². The Balaban J connectivity index is 0.00000560. The van der Waals surface area contributed by atoms with Gasteiger partial charge in [-0.1, -0.05) is 93.2 Å².